The van der Waals surface area contributed by atoms with Crippen molar-refractivity contribution in [3.8, 4) is 5.75 Å². The molecule has 1 aliphatic carbocycles. The van der Waals surface area contributed by atoms with E-state index < -0.39 is 6.10 Å². The lowest BCUT2D eigenvalue weighted by Gasteiger charge is -2.12. The first-order valence-electron chi connectivity index (χ1n) is 4.68. The maximum Gasteiger partial charge on any atom is 0.125 e. The number of aliphatic hydroxyl groups excluding tert-OH is 1. The van der Waals surface area contributed by atoms with Gasteiger partial charge in [-0.1, -0.05) is 22.9 Å². The summed E-state index contributed by atoms with van der Waals surface area (Å²) in [6, 6.07) is 3.87. The summed E-state index contributed by atoms with van der Waals surface area (Å²) in [5, 5.41) is 9.99. The van der Waals surface area contributed by atoms with Crippen LogP contribution in [0.2, 0.25) is 0 Å². The molecule has 0 aliphatic heterocycles. The highest BCUT2D eigenvalue weighted by molar-refractivity contribution is 9.10. The molecule has 1 aromatic carbocycles. The quantitative estimate of drug-likeness (QED) is 0.838. The van der Waals surface area contributed by atoms with E-state index in [2.05, 4.69) is 22.9 Å². The highest BCUT2D eigenvalue weighted by Gasteiger charge is 2.32. The molecule has 2 nitrogen and oxygen atoms in total. The molecule has 3 heteroatoms. The fourth-order valence-corrected chi connectivity index (χ4v) is 2.55. The Bertz CT molecular complexity index is 363. The zero-order chi connectivity index (χ0) is 10.3. The Hall–Kier alpha value is -0.540. The molecule has 2 unspecified atom stereocenters. The number of hydrogen-bond donors (Lipinski definition) is 1. The van der Waals surface area contributed by atoms with Crippen molar-refractivity contribution in [2.45, 2.75) is 19.4 Å². The second-order valence-corrected chi connectivity index (χ2v) is 4.62. The van der Waals surface area contributed by atoms with E-state index in [1.54, 1.807) is 7.11 Å². The van der Waals surface area contributed by atoms with Crippen molar-refractivity contribution in [3.05, 3.63) is 27.7 Å². The molecule has 2 rings (SSSR count). The van der Waals surface area contributed by atoms with E-state index in [4.69, 9.17) is 4.74 Å². The number of fused-ring (bicyclic) bond motifs is 1. The molecule has 2 atom stereocenters. The van der Waals surface area contributed by atoms with Gasteiger partial charge in [-0.15, -0.1) is 0 Å². The van der Waals surface area contributed by atoms with Gasteiger partial charge in [-0.3, -0.25) is 0 Å². The maximum absolute atomic E-state index is 9.99. The van der Waals surface area contributed by atoms with Crippen molar-refractivity contribution in [2.75, 3.05) is 7.11 Å². The Morgan fingerprint density at radius 2 is 2.21 bits per heavy atom. The molecule has 0 saturated heterocycles. The van der Waals surface area contributed by atoms with Gasteiger partial charge in [-0.25, -0.2) is 0 Å². The third-order valence-corrected chi connectivity index (χ3v) is 3.58. The summed E-state index contributed by atoms with van der Waals surface area (Å²) in [7, 11) is 1.64. The van der Waals surface area contributed by atoms with Crippen molar-refractivity contribution in [1.82, 2.24) is 0 Å². The second kappa shape index (κ2) is 3.55. The van der Waals surface area contributed by atoms with Gasteiger partial charge >= 0.3 is 0 Å². The molecule has 76 valence electrons. The first-order valence-corrected chi connectivity index (χ1v) is 5.47. The van der Waals surface area contributed by atoms with Crippen LogP contribution in [0.4, 0.5) is 0 Å². The van der Waals surface area contributed by atoms with Crippen molar-refractivity contribution in [3.63, 3.8) is 0 Å². The van der Waals surface area contributed by atoms with Crippen LogP contribution in [0.5, 0.6) is 5.75 Å². The predicted octanol–water partition coefficient (Wildman–Crippen LogP) is 2.68. The van der Waals surface area contributed by atoms with E-state index in [9.17, 15) is 5.11 Å². The van der Waals surface area contributed by atoms with Crippen molar-refractivity contribution < 1.29 is 9.84 Å². The van der Waals surface area contributed by atoms with Gasteiger partial charge < -0.3 is 9.84 Å². The molecule has 0 bridgehead atoms. The highest BCUT2D eigenvalue weighted by atomic mass is 79.9. The zero-order valence-electron chi connectivity index (χ0n) is 8.25. The van der Waals surface area contributed by atoms with Crippen LogP contribution in [0, 0.1) is 5.92 Å². The number of ether oxygens (including phenoxy) is 1. The van der Waals surface area contributed by atoms with Crippen molar-refractivity contribution in [2.24, 2.45) is 5.92 Å². The minimum atomic E-state index is -0.391. The summed E-state index contributed by atoms with van der Waals surface area (Å²) >= 11 is 3.50. The summed E-state index contributed by atoms with van der Waals surface area (Å²) in [6.07, 6.45) is 0.520. The summed E-state index contributed by atoms with van der Waals surface area (Å²) in [4.78, 5) is 0. The van der Waals surface area contributed by atoms with Crippen LogP contribution in [-0.4, -0.2) is 12.2 Å². The lowest BCUT2D eigenvalue weighted by Crippen LogP contribution is -2.02. The molecule has 1 aromatic rings. The van der Waals surface area contributed by atoms with Crippen LogP contribution in [0.25, 0.3) is 0 Å². The van der Waals surface area contributed by atoms with Crippen molar-refractivity contribution >= 4 is 15.9 Å². The van der Waals surface area contributed by atoms with Gasteiger partial charge in [0.2, 0.25) is 0 Å². The number of methoxy groups -OCH3 is 1. The summed E-state index contributed by atoms with van der Waals surface area (Å²) in [5.74, 6) is 1.07. The van der Waals surface area contributed by atoms with E-state index in [0.29, 0.717) is 0 Å². The summed E-state index contributed by atoms with van der Waals surface area (Å²) in [6.45, 7) is 2.05. The molecule has 14 heavy (non-hydrogen) atoms. The van der Waals surface area contributed by atoms with Crippen LogP contribution in [0.3, 0.4) is 0 Å². The van der Waals surface area contributed by atoms with Gasteiger partial charge in [-0.05, 0) is 30.0 Å². The number of benzene rings is 1. The normalized spacial score (nSPS) is 24.9. The predicted molar refractivity (Wildman–Crippen MR) is 58.5 cm³/mol. The first kappa shape index (κ1) is 9.99. The van der Waals surface area contributed by atoms with Gasteiger partial charge in [0, 0.05) is 10.0 Å². The third-order valence-electron chi connectivity index (χ3n) is 2.84. The Morgan fingerprint density at radius 3 is 2.86 bits per heavy atom. The third kappa shape index (κ3) is 1.35. The van der Waals surface area contributed by atoms with E-state index in [1.165, 1.54) is 5.56 Å². The zero-order valence-corrected chi connectivity index (χ0v) is 9.84. The molecule has 0 fully saturated rings. The molecule has 1 N–H and O–H groups in total. The molecular formula is C11H13BrO2. The Morgan fingerprint density at radius 1 is 1.50 bits per heavy atom. The Balaban J connectivity index is 2.59. The minimum Gasteiger partial charge on any atom is -0.496 e. The van der Waals surface area contributed by atoms with Crippen LogP contribution < -0.4 is 4.74 Å². The standard InChI is InChI=1S/C11H13BrO2/c1-6-5-7-8(12)3-4-9(14-2)10(7)11(6)13/h3-4,6,11,13H,5H2,1-2H3. The number of aliphatic hydroxyl groups is 1. The fourth-order valence-electron chi connectivity index (χ4n) is 2.04. The summed E-state index contributed by atoms with van der Waals surface area (Å²) < 4.78 is 6.32. The fraction of sp³-hybridized carbons (Fsp3) is 0.455. The molecular weight excluding hydrogens is 244 g/mol. The van der Waals surface area contributed by atoms with Crippen molar-refractivity contribution in [1.29, 1.82) is 0 Å². The molecule has 1 aliphatic rings. The number of hydrogen-bond acceptors (Lipinski definition) is 2. The van der Waals surface area contributed by atoms with Gasteiger partial charge in [0.25, 0.3) is 0 Å². The number of halogens is 1. The van der Waals surface area contributed by atoms with Gasteiger partial charge in [0.1, 0.15) is 5.75 Å². The van der Waals surface area contributed by atoms with Crippen LogP contribution in [-0.2, 0) is 6.42 Å². The van der Waals surface area contributed by atoms with Gasteiger partial charge in [0.15, 0.2) is 0 Å². The lowest BCUT2D eigenvalue weighted by molar-refractivity contribution is 0.130. The van der Waals surface area contributed by atoms with E-state index in [-0.39, 0.29) is 5.92 Å². The molecule has 0 spiro atoms. The largest absolute Gasteiger partial charge is 0.496 e. The monoisotopic (exact) mass is 256 g/mol. The lowest BCUT2D eigenvalue weighted by atomic mass is 10.1. The van der Waals surface area contributed by atoms with Gasteiger partial charge in [0.05, 0.1) is 13.2 Å². The highest BCUT2D eigenvalue weighted by Crippen LogP contribution is 2.44. The van der Waals surface area contributed by atoms with E-state index >= 15 is 0 Å². The first-order chi connectivity index (χ1) is 6.65. The van der Waals surface area contributed by atoms with Crippen LogP contribution in [0.15, 0.2) is 16.6 Å². The molecule has 0 saturated carbocycles. The van der Waals surface area contributed by atoms with Gasteiger partial charge in [-0.2, -0.15) is 0 Å². The number of rotatable bonds is 1. The Labute approximate surface area is 92.0 Å². The average Bonchev–Trinajstić information content (AvgIpc) is 2.47. The SMILES string of the molecule is COc1ccc(Br)c2c1C(O)C(C)C2. The molecule has 0 heterocycles. The Kier molecular flexibility index (Phi) is 2.54. The molecule has 0 aromatic heterocycles. The van der Waals surface area contributed by atoms with Crippen LogP contribution in [0.1, 0.15) is 24.2 Å². The second-order valence-electron chi connectivity index (χ2n) is 3.77. The summed E-state index contributed by atoms with van der Waals surface area (Å²) in [5.41, 5.74) is 2.14. The van der Waals surface area contributed by atoms with E-state index in [0.717, 1.165) is 22.2 Å². The van der Waals surface area contributed by atoms with Crippen LogP contribution >= 0.6 is 15.9 Å². The molecule has 0 radical (unpaired) electrons. The average molecular weight is 257 g/mol. The maximum atomic E-state index is 9.99. The topological polar surface area (TPSA) is 29.5 Å². The smallest absolute Gasteiger partial charge is 0.125 e. The van der Waals surface area contributed by atoms with E-state index in [1.807, 2.05) is 12.1 Å². The molecule has 0 amide bonds. The minimum absolute atomic E-state index is 0.276.